The predicted molar refractivity (Wildman–Crippen MR) is 52.4 cm³/mol. The van der Waals surface area contributed by atoms with E-state index >= 15 is 0 Å². The van der Waals surface area contributed by atoms with Gasteiger partial charge in [-0.05, 0) is 23.1 Å². The van der Waals surface area contributed by atoms with E-state index in [2.05, 4.69) is 25.1 Å². The summed E-state index contributed by atoms with van der Waals surface area (Å²) in [5.41, 5.74) is 9.89. The summed E-state index contributed by atoms with van der Waals surface area (Å²) < 4.78 is 5.43. The quantitative estimate of drug-likeness (QED) is 0.709. The monoisotopic (exact) mass is 177 g/mol. The molecule has 13 heavy (non-hydrogen) atoms. The van der Waals surface area contributed by atoms with Crippen molar-refractivity contribution in [1.82, 2.24) is 0 Å². The number of nitrogens with two attached hydrogens (primary N) is 1. The fourth-order valence-corrected chi connectivity index (χ4v) is 1.89. The second-order valence-electron chi connectivity index (χ2n) is 3.46. The summed E-state index contributed by atoms with van der Waals surface area (Å²) in [6, 6.07) is 6.42. The Morgan fingerprint density at radius 2 is 2.38 bits per heavy atom. The summed E-state index contributed by atoms with van der Waals surface area (Å²) in [4.78, 5) is 0. The molecule has 2 rings (SSSR count). The van der Waals surface area contributed by atoms with Gasteiger partial charge in [-0.1, -0.05) is 25.1 Å². The highest BCUT2D eigenvalue weighted by atomic mass is 16.5. The number of hydrogen-bond donors (Lipinski definition) is 1. The molecule has 0 fully saturated rings. The number of hydrogen-bond acceptors (Lipinski definition) is 2. The van der Waals surface area contributed by atoms with Crippen LogP contribution >= 0.6 is 0 Å². The number of ether oxygens (including phenoxy) is 1. The Morgan fingerprint density at radius 1 is 1.54 bits per heavy atom. The van der Waals surface area contributed by atoms with Crippen molar-refractivity contribution in [3.05, 3.63) is 34.9 Å². The smallest absolute Gasteiger partial charge is 0.0723 e. The molecular formula is C11H15NO. The SMILES string of the molecule is CCc1cccc2c1COCC2N. The minimum absolute atomic E-state index is 0.0650. The van der Waals surface area contributed by atoms with E-state index in [-0.39, 0.29) is 6.04 Å². The molecule has 2 N–H and O–H groups in total. The predicted octanol–water partition coefficient (Wildman–Crippen LogP) is 1.78. The summed E-state index contributed by atoms with van der Waals surface area (Å²) in [5, 5.41) is 0. The summed E-state index contributed by atoms with van der Waals surface area (Å²) in [6.45, 7) is 3.54. The van der Waals surface area contributed by atoms with Crippen molar-refractivity contribution in [2.75, 3.05) is 6.61 Å². The standard InChI is InChI=1S/C11H15NO/c1-2-8-4-3-5-9-10(8)6-13-7-11(9)12/h3-5,11H,2,6-7,12H2,1H3. The zero-order valence-corrected chi connectivity index (χ0v) is 7.92. The minimum Gasteiger partial charge on any atom is -0.375 e. The van der Waals surface area contributed by atoms with Crippen LogP contribution in [0.4, 0.5) is 0 Å². The van der Waals surface area contributed by atoms with Gasteiger partial charge in [0.15, 0.2) is 0 Å². The van der Waals surface area contributed by atoms with Gasteiger partial charge in [0, 0.05) is 0 Å². The molecule has 2 nitrogen and oxygen atoms in total. The molecule has 1 heterocycles. The van der Waals surface area contributed by atoms with Crippen molar-refractivity contribution in [1.29, 1.82) is 0 Å². The molecule has 0 saturated heterocycles. The third kappa shape index (κ3) is 1.47. The summed E-state index contributed by atoms with van der Waals surface area (Å²) in [7, 11) is 0. The van der Waals surface area contributed by atoms with Crippen LogP contribution in [-0.2, 0) is 17.8 Å². The van der Waals surface area contributed by atoms with Crippen molar-refractivity contribution in [3.63, 3.8) is 0 Å². The molecule has 0 bridgehead atoms. The molecule has 2 heteroatoms. The summed E-state index contributed by atoms with van der Waals surface area (Å²) in [5.74, 6) is 0. The molecule has 1 aliphatic rings. The highest BCUT2D eigenvalue weighted by Gasteiger charge is 2.18. The maximum Gasteiger partial charge on any atom is 0.0723 e. The van der Waals surface area contributed by atoms with Crippen LogP contribution in [0.5, 0.6) is 0 Å². The first kappa shape index (κ1) is 8.73. The van der Waals surface area contributed by atoms with Crippen LogP contribution in [0, 0.1) is 0 Å². The zero-order valence-electron chi connectivity index (χ0n) is 7.92. The van der Waals surface area contributed by atoms with Crippen molar-refractivity contribution < 1.29 is 4.74 Å². The normalized spacial score (nSPS) is 21.2. The van der Waals surface area contributed by atoms with Crippen LogP contribution in [-0.4, -0.2) is 6.61 Å². The fraction of sp³-hybridized carbons (Fsp3) is 0.455. The van der Waals surface area contributed by atoms with Gasteiger partial charge in [-0.3, -0.25) is 0 Å². The Hall–Kier alpha value is -0.860. The van der Waals surface area contributed by atoms with Gasteiger partial charge in [0.2, 0.25) is 0 Å². The first-order valence-electron chi connectivity index (χ1n) is 4.77. The van der Waals surface area contributed by atoms with Crippen molar-refractivity contribution in [2.45, 2.75) is 26.0 Å². The lowest BCUT2D eigenvalue weighted by Gasteiger charge is -2.24. The van der Waals surface area contributed by atoms with Crippen molar-refractivity contribution in [3.8, 4) is 0 Å². The van der Waals surface area contributed by atoms with Gasteiger partial charge in [-0.25, -0.2) is 0 Å². The number of rotatable bonds is 1. The second-order valence-corrected chi connectivity index (χ2v) is 3.46. The molecular weight excluding hydrogens is 162 g/mol. The maximum atomic E-state index is 5.94. The summed E-state index contributed by atoms with van der Waals surface area (Å²) >= 11 is 0. The largest absolute Gasteiger partial charge is 0.375 e. The molecule has 1 aromatic carbocycles. The zero-order chi connectivity index (χ0) is 9.26. The first-order valence-corrected chi connectivity index (χ1v) is 4.77. The van der Waals surface area contributed by atoms with Crippen molar-refractivity contribution >= 4 is 0 Å². The molecule has 1 aliphatic heterocycles. The average molecular weight is 177 g/mol. The molecule has 0 aliphatic carbocycles. The Balaban J connectivity index is 2.48. The van der Waals surface area contributed by atoms with Gasteiger partial charge in [0.25, 0.3) is 0 Å². The van der Waals surface area contributed by atoms with Crippen LogP contribution in [0.1, 0.15) is 29.7 Å². The first-order chi connectivity index (χ1) is 6.33. The van der Waals surface area contributed by atoms with Crippen LogP contribution in [0.2, 0.25) is 0 Å². The van der Waals surface area contributed by atoms with Crippen LogP contribution < -0.4 is 5.73 Å². The van der Waals surface area contributed by atoms with Gasteiger partial charge < -0.3 is 10.5 Å². The number of fused-ring (bicyclic) bond motifs is 1. The number of benzene rings is 1. The second kappa shape index (κ2) is 3.48. The maximum absolute atomic E-state index is 5.94. The lowest BCUT2D eigenvalue weighted by atomic mass is 9.94. The van der Waals surface area contributed by atoms with E-state index in [9.17, 15) is 0 Å². The Bertz CT molecular complexity index is 309. The van der Waals surface area contributed by atoms with Crippen molar-refractivity contribution in [2.24, 2.45) is 5.73 Å². The fourth-order valence-electron chi connectivity index (χ4n) is 1.89. The molecule has 1 atom stereocenters. The molecule has 0 spiro atoms. The number of aryl methyl sites for hydroxylation is 1. The lowest BCUT2D eigenvalue weighted by molar-refractivity contribution is 0.0917. The van der Waals surface area contributed by atoms with E-state index in [0.717, 1.165) is 13.0 Å². The van der Waals surface area contributed by atoms with Gasteiger partial charge in [-0.2, -0.15) is 0 Å². The molecule has 0 saturated carbocycles. The topological polar surface area (TPSA) is 35.2 Å². The van der Waals surface area contributed by atoms with E-state index in [0.29, 0.717) is 6.61 Å². The third-order valence-electron chi connectivity index (χ3n) is 2.63. The van der Waals surface area contributed by atoms with Gasteiger partial charge >= 0.3 is 0 Å². The lowest BCUT2D eigenvalue weighted by Crippen LogP contribution is -2.24. The molecule has 70 valence electrons. The van der Waals surface area contributed by atoms with E-state index in [1.54, 1.807) is 0 Å². The highest BCUT2D eigenvalue weighted by molar-refractivity contribution is 5.37. The molecule has 0 aromatic heterocycles. The Morgan fingerprint density at radius 3 is 3.15 bits per heavy atom. The van der Waals surface area contributed by atoms with Gasteiger partial charge in [0.05, 0.1) is 19.3 Å². The van der Waals surface area contributed by atoms with Crippen LogP contribution in [0.15, 0.2) is 18.2 Å². The Kier molecular flexibility index (Phi) is 2.34. The van der Waals surface area contributed by atoms with Crippen LogP contribution in [0.25, 0.3) is 0 Å². The highest BCUT2D eigenvalue weighted by Crippen LogP contribution is 2.25. The third-order valence-corrected chi connectivity index (χ3v) is 2.63. The molecule has 1 aromatic rings. The van der Waals surface area contributed by atoms with E-state index < -0.39 is 0 Å². The van der Waals surface area contributed by atoms with Crippen LogP contribution in [0.3, 0.4) is 0 Å². The van der Waals surface area contributed by atoms with E-state index in [1.807, 2.05) is 0 Å². The molecule has 1 unspecified atom stereocenters. The molecule has 0 radical (unpaired) electrons. The molecule has 0 amide bonds. The van der Waals surface area contributed by atoms with Gasteiger partial charge in [-0.15, -0.1) is 0 Å². The minimum atomic E-state index is 0.0650. The Labute approximate surface area is 78.7 Å². The van der Waals surface area contributed by atoms with Gasteiger partial charge in [0.1, 0.15) is 0 Å². The van der Waals surface area contributed by atoms with E-state index in [4.69, 9.17) is 10.5 Å². The average Bonchev–Trinajstić information content (AvgIpc) is 2.18. The summed E-state index contributed by atoms with van der Waals surface area (Å²) in [6.07, 6.45) is 1.05. The van der Waals surface area contributed by atoms with E-state index in [1.165, 1.54) is 16.7 Å².